The number of carbonyl (C=O) groups is 1. The zero-order valence-electron chi connectivity index (χ0n) is 5.91. The molecule has 0 aromatic rings. The minimum atomic E-state index is -0.157. The predicted octanol–water partition coefficient (Wildman–Crippen LogP) is 0.571. The average molecular weight is 118 g/mol. The fourth-order valence-electron chi connectivity index (χ4n) is 0.125. The lowest BCUT2D eigenvalue weighted by Crippen LogP contribution is -2.28. The number of rotatable bonds is 0. The van der Waals surface area contributed by atoms with Gasteiger partial charge in [-0.25, -0.2) is 4.79 Å². The van der Waals surface area contributed by atoms with Crippen LogP contribution in [0, 0.1) is 0 Å². The van der Waals surface area contributed by atoms with Gasteiger partial charge in [0.25, 0.3) is 0 Å². The standard InChI is InChI=1S/C3H8N2O.C2H6/c1-4-3(6)5-2;1-2/h1-2H3,(H2,4,5,6);1-2H3. The van der Waals surface area contributed by atoms with Crippen LogP contribution in [-0.2, 0) is 0 Å². The lowest BCUT2D eigenvalue weighted by Gasteiger charge is -1.91. The second-order valence-corrected chi connectivity index (χ2v) is 0.829. The molecular formula is C5H14N2O. The van der Waals surface area contributed by atoms with Crippen molar-refractivity contribution in [3.05, 3.63) is 0 Å². The highest BCUT2D eigenvalue weighted by atomic mass is 16.2. The van der Waals surface area contributed by atoms with E-state index in [0.717, 1.165) is 0 Å². The van der Waals surface area contributed by atoms with Gasteiger partial charge in [0.1, 0.15) is 0 Å². The zero-order valence-corrected chi connectivity index (χ0v) is 5.91. The van der Waals surface area contributed by atoms with Crippen LogP contribution in [0.25, 0.3) is 0 Å². The quantitative estimate of drug-likeness (QED) is 0.479. The molecule has 3 nitrogen and oxygen atoms in total. The molecule has 0 spiro atoms. The van der Waals surface area contributed by atoms with Crippen molar-refractivity contribution in [2.75, 3.05) is 14.1 Å². The van der Waals surface area contributed by atoms with Crippen molar-refractivity contribution >= 4 is 6.03 Å². The van der Waals surface area contributed by atoms with E-state index >= 15 is 0 Å². The van der Waals surface area contributed by atoms with Gasteiger partial charge >= 0.3 is 6.03 Å². The molecule has 0 aliphatic heterocycles. The Hall–Kier alpha value is -0.730. The molecule has 0 unspecified atom stereocenters. The van der Waals surface area contributed by atoms with E-state index in [4.69, 9.17) is 0 Å². The molecule has 0 radical (unpaired) electrons. The van der Waals surface area contributed by atoms with Gasteiger partial charge in [-0.3, -0.25) is 0 Å². The van der Waals surface area contributed by atoms with E-state index in [9.17, 15) is 4.79 Å². The van der Waals surface area contributed by atoms with Crippen molar-refractivity contribution in [2.24, 2.45) is 0 Å². The molecule has 0 aliphatic carbocycles. The topological polar surface area (TPSA) is 41.1 Å². The number of nitrogens with one attached hydrogen (secondary N) is 2. The molecule has 0 saturated heterocycles. The molecule has 0 heterocycles. The third-order valence-electron chi connectivity index (χ3n) is 0.454. The number of hydrogen-bond acceptors (Lipinski definition) is 1. The number of carbonyl (C=O) groups excluding carboxylic acids is 1. The molecule has 3 heteroatoms. The highest BCUT2D eigenvalue weighted by Crippen LogP contribution is 1.48. The van der Waals surface area contributed by atoms with Gasteiger partial charge in [0.2, 0.25) is 0 Å². The summed E-state index contributed by atoms with van der Waals surface area (Å²) < 4.78 is 0. The summed E-state index contributed by atoms with van der Waals surface area (Å²) >= 11 is 0. The van der Waals surface area contributed by atoms with E-state index in [1.807, 2.05) is 13.8 Å². The van der Waals surface area contributed by atoms with E-state index < -0.39 is 0 Å². The molecule has 0 aromatic heterocycles. The molecule has 0 rings (SSSR count). The maximum Gasteiger partial charge on any atom is 0.314 e. The summed E-state index contributed by atoms with van der Waals surface area (Å²) in [5.41, 5.74) is 0. The summed E-state index contributed by atoms with van der Waals surface area (Å²) in [4.78, 5) is 9.96. The van der Waals surface area contributed by atoms with Gasteiger partial charge in [-0.1, -0.05) is 13.8 Å². The maximum absolute atomic E-state index is 9.96. The monoisotopic (exact) mass is 118 g/mol. The van der Waals surface area contributed by atoms with E-state index in [0.29, 0.717) is 0 Å². The van der Waals surface area contributed by atoms with Crippen molar-refractivity contribution < 1.29 is 4.79 Å². The molecule has 0 saturated carbocycles. The first-order chi connectivity index (χ1) is 3.81. The van der Waals surface area contributed by atoms with Gasteiger partial charge < -0.3 is 10.6 Å². The Bertz CT molecular complexity index is 48.4. The van der Waals surface area contributed by atoms with Crippen LogP contribution in [0.3, 0.4) is 0 Å². The van der Waals surface area contributed by atoms with Crippen LogP contribution >= 0.6 is 0 Å². The lowest BCUT2D eigenvalue weighted by atomic mass is 11.0. The van der Waals surface area contributed by atoms with Gasteiger partial charge in [0, 0.05) is 14.1 Å². The van der Waals surface area contributed by atoms with E-state index in [1.54, 1.807) is 14.1 Å². The second-order valence-electron chi connectivity index (χ2n) is 0.829. The van der Waals surface area contributed by atoms with E-state index in [-0.39, 0.29) is 6.03 Å². The Morgan fingerprint density at radius 1 is 1.12 bits per heavy atom. The van der Waals surface area contributed by atoms with Gasteiger partial charge in [-0.15, -0.1) is 0 Å². The normalized spacial score (nSPS) is 6.00. The van der Waals surface area contributed by atoms with Crippen molar-refractivity contribution in [1.29, 1.82) is 0 Å². The van der Waals surface area contributed by atoms with E-state index in [1.165, 1.54) is 0 Å². The second kappa shape index (κ2) is 9.55. The molecule has 50 valence electrons. The van der Waals surface area contributed by atoms with Crippen LogP contribution in [0.1, 0.15) is 13.8 Å². The predicted molar refractivity (Wildman–Crippen MR) is 34.9 cm³/mol. The SMILES string of the molecule is CC.CNC(=O)NC. The maximum atomic E-state index is 9.96. The van der Waals surface area contributed by atoms with Crippen LogP contribution in [0.4, 0.5) is 4.79 Å². The van der Waals surface area contributed by atoms with Gasteiger partial charge in [-0.05, 0) is 0 Å². The molecule has 0 atom stereocenters. The van der Waals surface area contributed by atoms with Crippen LogP contribution in [0.2, 0.25) is 0 Å². The Morgan fingerprint density at radius 3 is 1.38 bits per heavy atom. The summed E-state index contributed by atoms with van der Waals surface area (Å²) in [6.07, 6.45) is 0. The van der Waals surface area contributed by atoms with Gasteiger partial charge in [-0.2, -0.15) is 0 Å². The lowest BCUT2D eigenvalue weighted by molar-refractivity contribution is 0.245. The Balaban J connectivity index is 0. The highest BCUT2D eigenvalue weighted by Gasteiger charge is 1.81. The molecule has 2 amide bonds. The molecule has 0 fully saturated rings. The molecule has 2 N–H and O–H groups in total. The smallest absolute Gasteiger partial charge is 0.314 e. The highest BCUT2D eigenvalue weighted by molar-refractivity contribution is 5.72. The third-order valence-corrected chi connectivity index (χ3v) is 0.454. The van der Waals surface area contributed by atoms with Crippen molar-refractivity contribution in [3.63, 3.8) is 0 Å². The summed E-state index contributed by atoms with van der Waals surface area (Å²) in [6, 6.07) is -0.157. The first-order valence-electron chi connectivity index (χ1n) is 2.70. The Labute approximate surface area is 50.5 Å². The summed E-state index contributed by atoms with van der Waals surface area (Å²) in [5, 5.41) is 4.73. The van der Waals surface area contributed by atoms with Crippen LogP contribution < -0.4 is 10.6 Å². The summed E-state index contributed by atoms with van der Waals surface area (Å²) in [5.74, 6) is 0. The molecule has 8 heavy (non-hydrogen) atoms. The summed E-state index contributed by atoms with van der Waals surface area (Å²) in [7, 11) is 3.14. The van der Waals surface area contributed by atoms with Gasteiger partial charge in [0.05, 0.1) is 0 Å². The van der Waals surface area contributed by atoms with Crippen LogP contribution in [0.5, 0.6) is 0 Å². The largest absolute Gasteiger partial charge is 0.341 e. The fraction of sp³-hybridized carbons (Fsp3) is 0.800. The van der Waals surface area contributed by atoms with E-state index in [2.05, 4.69) is 10.6 Å². The van der Waals surface area contributed by atoms with Crippen molar-refractivity contribution in [2.45, 2.75) is 13.8 Å². The summed E-state index contributed by atoms with van der Waals surface area (Å²) in [6.45, 7) is 4.00. The number of amides is 2. The minimum Gasteiger partial charge on any atom is -0.341 e. The molecule has 0 bridgehead atoms. The zero-order chi connectivity index (χ0) is 6.99. The molecule has 0 aliphatic rings. The first-order valence-corrected chi connectivity index (χ1v) is 2.70. The average Bonchev–Trinajstić information content (AvgIpc) is 1.91. The minimum absolute atomic E-state index is 0.157. The van der Waals surface area contributed by atoms with Crippen molar-refractivity contribution in [1.82, 2.24) is 10.6 Å². The number of urea groups is 1. The molecule has 0 aromatic carbocycles. The Morgan fingerprint density at radius 2 is 1.38 bits per heavy atom. The van der Waals surface area contributed by atoms with Crippen LogP contribution in [-0.4, -0.2) is 20.1 Å². The first kappa shape index (κ1) is 10.3. The molecular weight excluding hydrogens is 104 g/mol. The van der Waals surface area contributed by atoms with Crippen molar-refractivity contribution in [3.8, 4) is 0 Å². The third kappa shape index (κ3) is 8.99. The number of hydrogen-bond donors (Lipinski definition) is 2. The van der Waals surface area contributed by atoms with Crippen LogP contribution in [0.15, 0.2) is 0 Å². The van der Waals surface area contributed by atoms with Gasteiger partial charge in [0.15, 0.2) is 0 Å². The Kier molecular flexibility index (Phi) is 12.3. The fourth-order valence-corrected chi connectivity index (χ4v) is 0.125.